The summed E-state index contributed by atoms with van der Waals surface area (Å²) in [6.45, 7) is 0.613. The molecule has 0 aromatic heterocycles. The van der Waals surface area contributed by atoms with Gasteiger partial charge in [0.15, 0.2) is 17.4 Å². The van der Waals surface area contributed by atoms with Gasteiger partial charge in [-0.3, -0.25) is 0 Å². The molecule has 0 atom stereocenters. The minimum absolute atomic E-state index is 0.0160. The average molecular weight is 279 g/mol. The van der Waals surface area contributed by atoms with E-state index in [0.29, 0.717) is 12.4 Å². The van der Waals surface area contributed by atoms with Gasteiger partial charge in [-0.2, -0.15) is 0 Å². The van der Waals surface area contributed by atoms with Crippen LogP contribution in [-0.4, -0.2) is 13.7 Å². The molecule has 2 aromatic rings. The fourth-order valence-electron chi connectivity index (χ4n) is 1.74. The number of rotatable bonds is 5. The summed E-state index contributed by atoms with van der Waals surface area (Å²) in [5, 5.41) is 0. The lowest BCUT2D eigenvalue weighted by Crippen LogP contribution is -1.97. The molecule has 0 radical (unpaired) electrons. The van der Waals surface area contributed by atoms with Gasteiger partial charge in [0.1, 0.15) is 5.75 Å². The average Bonchev–Trinajstić information content (AvgIpc) is 2.42. The first kappa shape index (κ1) is 14.3. The second-order valence-corrected chi connectivity index (χ2v) is 4.30. The fraction of sp³-hybridized carbons (Fsp3) is 0.200. The molecular formula is C15H15F2NO2. The van der Waals surface area contributed by atoms with Crippen LogP contribution >= 0.6 is 0 Å². The molecule has 3 nitrogen and oxygen atoms in total. The Balaban J connectivity index is 2.14. The van der Waals surface area contributed by atoms with Gasteiger partial charge in [-0.25, -0.2) is 8.78 Å². The molecule has 106 valence electrons. The van der Waals surface area contributed by atoms with Crippen LogP contribution in [0.4, 0.5) is 14.5 Å². The molecule has 0 unspecified atom stereocenters. The number of ether oxygens (including phenoxy) is 2. The largest absolute Gasteiger partial charge is 0.451 e. The Kier molecular flexibility index (Phi) is 4.53. The number of hydrogen-bond donors (Lipinski definition) is 1. The smallest absolute Gasteiger partial charge is 0.198 e. The number of halogens is 2. The van der Waals surface area contributed by atoms with Crippen LogP contribution in [0.1, 0.15) is 5.56 Å². The summed E-state index contributed by atoms with van der Waals surface area (Å²) in [6, 6.07) is 8.99. The van der Waals surface area contributed by atoms with Crippen molar-refractivity contribution in [1.29, 1.82) is 0 Å². The van der Waals surface area contributed by atoms with Crippen LogP contribution in [0.5, 0.6) is 11.5 Å². The van der Waals surface area contributed by atoms with Crippen molar-refractivity contribution in [2.45, 2.75) is 6.42 Å². The normalized spacial score (nSPS) is 10.6. The summed E-state index contributed by atoms with van der Waals surface area (Å²) in [7, 11) is 1.63. The van der Waals surface area contributed by atoms with Crippen LogP contribution in [0.25, 0.3) is 0 Å². The number of nitrogens with two attached hydrogens (primary N) is 1. The molecule has 0 aliphatic rings. The van der Waals surface area contributed by atoms with Crippen molar-refractivity contribution in [1.82, 2.24) is 0 Å². The monoisotopic (exact) mass is 279 g/mol. The molecule has 2 aromatic carbocycles. The molecule has 0 aliphatic heterocycles. The number of methoxy groups -OCH3 is 1. The number of benzene rings is 2. The number of nitrogen functional groups attached to an aromatic ring is 1. The summed E-state index contributed by atoms with van der Waals surface area (Å²) in [4.78, 5) is 0. The topological polar surface area (TPSA) is 44.5 Å². The van der Waals surface area contributed by atoms with Crippen molar-refractivity contribution >= 4 is 5.69 Å². The molecule has 0 saturated heterocycles. The van der Waals surface area contributed by atoms with Crippen molar-refractivity contribution in [3.8, 4) is 11.5 Å². The van der Waals surface area contributed by atoms with Crippen molar-refractivity contribution in [3.05, 3.63) is 53.6 Å². The fourth-order valence-corrected chi connectivity index (χ4v) is 1.74. The minimum Gasteiger partial charge on any atom is -0.451 e. The molecule has 0 saturated carbocycles. The van der Waals surface area contributed by atoms with Crippen LogP contribution in [-0.2, 0) is 11.2 Å². The number of hydrogen-bond acceptors (Lipinski definition) is 3. The highest BCUT2D eigenvalue weighted by molar-refractivity contribution is 5.45. The lowest BCUT2D eigenvalue weighted by molar-refractivity contribution is 0.202. The zero-order chi connectivity index (χ0) is 14.5. The van der Waals surface area contributed by atoms with Crippen molar-refractivity contribution in [3.63, 3.8) is 0 Å². The molecule has 0 amide bonds. The molecule has 2 rings (SSSR count). The van der Waals surface area contributed by atoms with Crippen molar-refractivity contribution < 1.29 is 18.3 Å². The second kappa shape index (κ2) is 6.34. The molecule has 0 heterocycles. The van der Waals surface area contributed by atoms with Gasteiger partial charge in [0.25, 0.3) is 0 Å². The lowest BCUT2D eigenvalue weighted by atomic mass is 10.1. The Morgan fingerprint density at radius 1 is 1.05 bits per heavy atom. The zero-order valence-corrected chi connectivity index (χ0v) is 11.0. The van der Waals surface area contributed by atoms with E-state index in [1.54, 1.807) is 19.2 Å². The van der Waals surface area contributed by atoms with Gasteiger partial charge in [0, 0.05) is 24.9 Å². The molecule has 0 bridgehead atoms. The van der Waals surface area contributed by atoms with Gasteiger partial charge < -0.3 is 15.2 Å². The Bertz CT molecular complexity index is 562. The zero-order valence-electron chi connectivity index (χ0n) is 11.0. The third-order valence-electron chi connectivity index (χ3n) is 2.76. The van der Waals surface area contributed by atoms with Gasteiger partial charge in [-0.15, -0.1) is 0 Å². The Morgan fingerprint density at radius 2 is 1.65 bits per heavy atom. The molecule has 0 fully saturated rings. The predicted molar refractivity (Wildman–Crippen MR) is 72.9 cm³/mol. The van der Waals surface area contributed by atoms with E-state index >= 15 is 0 Å². The van der Waals surface area contributed by atoms with E-state index in [9.17, 15) is 8.78 Å². The highest BCUT2D eigenvalue weighted by atomic mass is 19.1. The van der Waals surface area contributed by atoms with E-state index in [1.807, 2.05) is 12.1 Å². The Morgan fingerprint density at radius 3 is 2.20 bits per heavy atom. The Hall–Kier alpha value is -2.14. The van der Waals surface area contributed by atoms with Gasteiger partial charge in [0.05, 0.1) is 6.61 Å². The summed E-state index contributed by atoms with van der Waals surface area (Å²) >= 11 is 0. The summed E-state index contributed by atoms with van der Waals surface area (Å²) < 4.78 is 37.4. The lowest BCUT2D eigenvalue weighted by Gasteiger charge is -2.09. The van der Waals surface area contributed by atoms with E-state index in [2.05, 4.69) is 0 Å². The maximum atomic E-state index is 13.6. The molecule has 5 heteroatoms. The van der Waals surface area contributed by atoms with E-state index in [1.165, 1.54) is 0 Å². The maximum absolute atomic E-state index is 13.6. The van der Waals surface area contributed by atoms with Crippen LogP contribution in [0.15, 0.2) is 36.4 Å². The standard InChI is InChI=1S/C15H15F2NO2/c1-19-7-6-10-2-4-12(5-3-10)20-15-13(16)8-11(18)9-14(15)17/h2-5,8-9H,6-7,18H2,1H3. The van der Waals surface area contributed by atoms with E-state index in [4.69, 9.17) is 15.2 Å². The predicted octanol–water partition coefficient (Wildman–Crippen LogP) is 3.53. The summed E-state index contributed by atoms with van der Waals surface area (Å²) in [6.07, 6.45) is 0.765. The SMILES string of the molecule is COCCc1ccc(Oc2c(F)cc(N)cc2F)cc1. The third-order valence-corrected chi connectivity index (χ3v) is 2.76. The molecular weight excluding hydrogens is 264 g/mol. The van der Waals surface area contributed by atoms with Gasteiger partial charge >= 0.3 is 0 Å². The highest BCUT2D eigenvalue weighted by Crippen LogP contribution is 2.29. The number of anilines is 1. The van der Waals surface area contributed by atoms with E-state index in [-0.39, 0.29) is 5.69 Å². The second-order valence-electron chi connectivity index (χ2n) is 4.30. The first-order valence-corrected chi connectivity index (χ1v) is 6.10. The maximum Gasteiger partial charge on any atom is 0.198 e. The molecule has 2 N–H and O–H groups in total. The summed E-state index contributed by atoms with van der Waals surface area (Å²) in [5.41, 5.74) is 6.41. The quantitative estimate of drug-likeness (QED) is 0.851. The third kappa shape index (κ3) is 3.45. The van der Waals surface area contributed by atoms with Crippen LogP contribution in [0.2, 0.25) is 0 Å². The highest BCUT2D eigenvalue weighted by Gasteiger charge is 2.12. The molecule has 20 heavy (non-hydrogen) atoms. The van der Waals surface area contributed by atoms with Crippen molar-refractivity contribution in [2.24, 2.45) is 0 Å². The molecule has 0 spiro atoms. The molecule has 0 aliphatic carbocycles. The van der Waals surface area contributed by atoms with Crippen molar-refractivity contribution in [2.75, 3.05) is 19.5 Å². The van der Waals surface area contributed by atoms with Gasteiger partial charge in [-0.1, -0.05) is 12.1 Å². The first-order chi connectivity index (χ1) is 9.60. The Labute approximate surface area is 115 Å². The van der Waals surface area contributed by atoms with Gasteiger partial charge in [-0.05, 0) is 24.1 Å². The van der Waals surface area contributed by atoms with Crippen LogP contribution < -0.4 is 10.5 Å². The first-order valence-electron chi connectivity index (χ1n) is 6.10. The van der Waals surface area contributed by atoms with Crippen LogP contribution in [0, 0.1) is 11.6 Å². The van der Waals surface area contributed by atoms with Crippen LogP contribution in [0.3, 0.4) is 0 Å². The van der Waals surface area contributed by atoms with E-state index < -0.39 is 17.4 Å². The van der Waals surface area contributed by atoms with E-state index in [0.717, 1.165) is 24.1 Å². The summed E-state index contributed by atoms with van der Waals surface area (Å²) in [5.74, 6) is -1.76. The minimum atomic E-state index is -0.828. The van der Waals surface area contributed by atoms with Gasteiger partial charge in [0.2, 0.25) is 0 Å².